The van der Waals surface area contributed by atoms with Crippen molar-refractivity contribution in [2.45, 2.75) is 227 Å². The molecule has 0 radical (unpaired) electrons. The number of aliphatic hydroxyl groups is 9. The molecule has 716 valence electrons. The molecule has 2 aliphatic carbocycles. The molecule has 21 rings (SSSR count). The van der Waals surface area contributed by atoms with Gasteiger partial charge in [0.1, 0.15) is 87.5 Å². The first-order chi connectivity index (χ1) is 65.2. The van der Waals surface area contributed by atoms with Crippen molar-refractivity contribution < 1.29 is 108 Å². The van der Waals surface area contributed by atoms with E-state index >= 15 is 0 Å². The summed E-state index contributed by atoms with van der Waals surface area (Å²) in [6, 6.07) is 22.5. The van der Waals surface area contributed by atoms with Gasteiger partial charge in [0.25, 0.3) is 16.7 Å². The minimum Gasteiger partial charge on any atom is -0.507 e. The molecule has 1 amide bonds. The summed E-state index contributed by atoms with van der Waals surface area (Å²) in [6.45, 7) is 9.64. The van der Waals surface area contributed by atoms with Crippen molar-refractivity contribution in [2.24, 2.45) is 5.73 Å². The van der Waals surface area contributed by atoms with Crippen molar-refractivity contribution in [2.75, 3.05) is 45.1 Å². The molecule has 7 aromatic heterocycles. The third kappa shape index (κ3) is 17.4. The summed E-state index contributed by atoms with van der Waals surface area (Å²) in [5.41, 5.74) is 15.0. The Morgan fingerprint density at radius 3 is 2.18 bits per heavy atom. The van der Waals surface area contributed by atoms with E-state index in [1.165, 1.54) is 81.8 Å². The van der Waals surface area contributed by atoms with E-state index in [2.05, 4.69) is 76.0 Å². The maximum Gasteiger partial charge on any atom is 0.415 e. The van der Waals surface area contributed by atoms with Crippen LogP contribution in [0.1, 0.15) is 204 Å². The van der Waals surface area contributed by atoms with Crippen molar-refractivity contribution in [3.8, 4) is 34.7 Å². The zero-order valence-electron chi connectivity index (χ0n) is 74.5. The second kappa shape index (κ2) is 38.6. The van der Waals surface area contributed by atoms with Crippen LogP contribution in [0.15, 0.2) is 117 Å². The fourth-order valence-corrected chi connectivity index (χ4v) is 21.1. The number of cyclic esters (lactones) is 1. The first-order valence-electron chi connectivity index (χ1n) is 45.2. The van der Waals surface area contributed by atoms with E-state index in [9.17, 15) is 89.1 Å². The Labute approximate surface area is 777 Å². The Kier molecular flexibility index (Phi) is 27.0. The van der Waals surface area contributed by atoms with Crippen molar-refractivity contribution in [3.63, 3.8) is 0 Å². The zero-order chi connectivity index (χ0) is 96.5. The Balaban J connectivity index is 0.000000124. The largest absolute Gasteiger partial charge is 0.507 e. The van der Waals surface area contributed by atoms with E-state index in [1.54, 1.807) is 48.9 Å². The van der Waals surface area contributed by atoms with Crippen LogP contribution in [0, 0.1) is 11.3 Å². The fraction of sp³-hybridized carbons (Fsp3) is 0.447. The van der Waals surface area contributed by atoms with Crippen LogP contribution < -0.4 is 47.6 Å². The number of hydrogen-bond acceptors (Lipinski definition) is 34. The number of carbonyl (C=O) groups is 5. The van der Waals surface area contributed by atoms with E-state index in [-0.39, 0.29) is 99.4 Å². The van der Waals surface area contributed by atoms with Crippen LogP contribution in [0.5, 0.6) is 17.2 Å². The van der Waals surface area contributed by atoms with Gasteiger partial charge in [-0.15, -0.1) is 0 Å². The number of rotatable bonds is 12. The number of phenolic OH excluding ortho intramolecular Hbond substituents is 2. The number of nitrogens with one attached hydrogen (secondary N) is 5. The number of ether oxygens (including phenoxy) is 5. The Hall–Kier alpha value is -12.5. The number of H-pyrrole nitrogens is 4. The Morgan fingerprint density at radius 2 is 1.51 bits per heavy atom. The van der Waals surface area contributed by atoms with Crippen molar-refractivity contribution in [3.05, 3.63) is 217 Å². The number of nitriles is 1. The highest BCUT2D eigenvalue weighted by Crippen LogP contribution is 2.53. The van der Waals surface area contributed by atoms with Crippen LogP contribution in [-0.4, -0.2) is 252 Å². The summed E-state index contributed by atoms with van der Waals surface area (Å²) in [5, 5.41) is 125. The third-order valence-electron chi connectivity index (χ3n) is 27.7. The molecular weight excluding hydrogens is 1790 g/mol. The molecular formula is C94H105N16O25S+. The molecule has 20 N–H and O–H groups in total. The molecule has 8 aliphatic heterocycles. The molecule has 0 saturated carbocycles. The highest BCUT2D eigenvalue weighted by atomic mass is 32.1. The standard InChI is InChI=1S/C33H38N4O6.C26H27NO9.C14H13N3.C11H14N4O4.C10H12N4O6S/c1-3-22-23-16-21(43-32(40)36-14-10-20(11-15-36)35-12-6-5-7-13-35)8-9-27(23)34-29-24(22)18-37-28(29)17-26-25(30(37)38)19-42-31(39)33(26,41)4-2;1-10-21(29)15(27)7-17(35-10)36-16-9-26(34,11(2)28)8-14-18(16)25(33)20-19(24(14)32)22(30)12-5-3-4-6-13(12)23(20)31;15-8-11-4-6-12(7-5-11)14-3-1-2-13-9-16-10-17(13)14;16-2-5-9(17)10(18)7(15-5)4-1-12-8-6(4)13-3-14-11(8)19;11-9-12-6-5(7(18)13-9)21-10(19)14(6)8-4(17)3(16)2(1-15)20-8/h8-9,16-17,20,41H,3-7,10-15,18-19H2,1-2H3;3-6,10,15-17,21,29,32-34H,7-9,27H2,1-2H3;4-7,9-10,14H,1-3H2;1,3,5,7,9-10,12,15-18H,2H2,(H,13,14,19);2-4,8,15-17H,1H2,(H3,11,12,13,18)/p+1/t33-;10-,15-,16-,17-,21+,26-;;5-,7+,9-,10+;2-,3-,4-,8-/m00.11/s1. The number of aromatic hydroxyl groups is 2. The van der Waals surface area contributed by atoms with Crippen molar-refractivity contribution in [1.82, 2.24) is 59.1 Å². The second-order valence-corrected chi connectivity index (χ2v) is 36.7. The smallest absolute Gasteiger partial charge is 0.415 e. The summed E-state index contributed by atoms with van der Waals surface area (Å²) in [4.78, 5) is 141. The normalized spacial score (nSPS) is 26.5. The lowest BCUT2D eigenvalue weighted by atomic mass is 9.72. The molecule has 41 nitrogen and oxygen atoms in total. The number of fused-ring (bicyclic) bond motifs is 11. The lowest BCUT2D eigenvalue weighted by molar-refractivity contribution is -0.724. The number of phenols is 2. The number of amides is 1. The fourth-order valence-electron chi connectivity index (χ4n) is 20.2. The molecule has 4 aromatic carbocycles. The van der Waals surface area contributed by atoms with Gasteiger partial charge in [-0.1, -0.05) is 68.0 Å². The maximum atomic E-state index is 13.6. The lowest BCUT2D eigenvalue weighted by Gasteiger charge is -2.42. The highest BCUT2D eigenvalue weighted by Gasteiger charge is 2.52. The van der Waals surface area contributed by atoms with Gasteiger partial charge in [-0.05, 0) is 126 Å². The number of piperidine rings is 2. The predicted molar refractivity (Wildman–Crippen MR) is 484 cm³/mol. The van der Waals surface area contributed by atoms with Crippen LogP contribution in [0.2, 0.25) is 0 Å². The van der Waals surface area contributed by atoms with Crippen LogP contribution in [-0.2, 0) is 66.6 Å². The molecule has 1 unspecified atom stereocenters. The van der Waals surface area contributed by atoms with E-state index in [0.717, 1.165) is 51.4 Å². The monoisotopic (exact) mass is 1890 g/mol. The van der Waals surface area contributed by atoms with Crippen molar-refractivity contribution in [1.29, 1.82) is 5.26 Å². The number of nitrogens with two attached hydrogens (primary N) is 2. The number of aryl methyl sites for hydroxylation is 2. The number of aromatic nitrogens is 10. The van der Waals surface area contributed by atoms with Gasteiger partial charge in [0.15, 0.2) is 41.1 Å². The van der Waals surface area contributed by atoms with Gasteiger partial charge in [-0.2, -0.15) is 10.2 Å². The number of aromatic amines is 4. The van der Waals surface area contributed by atoms with Crippen LogP contribution in [0.4, 0.5) is 10.7 Å². The predicted octanol–water partition coefficient (Wildman–Crippen LogP) is 2.53. The molecule has 10 aliphatic rings. The Morgan fingerprint density at radius 1 is 0.794 bits per heavy atom. The second-order valence-electron chi connectivity index (χ2n) is 35.7. The van der Waals surface area contributed by atoms with Crippen LogP contribution in [0.3, 0.4) is 0 Å². The van der Waals surface area contributed by atoms with Crippen molar-refractivity contribution >= 4 is 79.0 Å². The summed E-state index contributed by atoms with van der Waals surface area (Å²) in [6.07, 6.45) is 5.16. The number of ketones is 3. The van der Waals surface area contributed by atoms with Gasteiger partial charge < -0.3 is 121 Å². The van der Waals surface area contributed by atoms with Crippen LogP contribution >= 0.6 is 11.3 Å². The van der Waals surface area contributed by atoms with Crippen LogP contribution in [0.25, 0.3) is 43.7 Å². The number of anilines is 1. The van der Waals surface area contributed by atoms with Gasteiger partial charge in [-0.25, -0.2) is 29.1 Å². The number of pyridine rings is 2. The topological polar surface area (TPSA) is 632 Å². The molecule has 11 aromatic rings. The number of nitrogen functional groups attached to an aromatic ring is 1. The molecule has 42 heteroatoms. The number of esters is 1. The number of likely N-dealkylation sites (tertiary alicyclic amines) is 2. The average Bonchev–Trinajstić information content (AvgIpc) is 1.70. The number of nitrogens with zero attached hydrogens (tertiary/aromatic N) is 9. The van der Waals surface area contributed by atoms with E-state index in [0.29, 0.717) is 94.3 Å². The minimum atomic E-state index is -1.97. The lowest BCUT2D eigenvalue weighted by Crippen LogP contribution is -2.52. The first kappa shape index (κ1) is 95.2. The highest BCUT2D eigenvalue weighted by molar-refractivity contribution is 7.16. The van der Waals surface area contributed by atoms with Gasteiger partial charge >= 0.3 is 16.9 Å². The maximum absolute atomic E-state index is 13.6. The molecule has 136 heavy (non-hydrogen) atoms. The van der Waals surface area contributed by atoms with E-state index in [4.69, 9.17) is 55.6 Å². The molecule has 15 heterocycles. The van der Waals surface area contributed by atoms with Gasteiger partial charge in [0, 0.05) is 101 Å². The van der Waals surface area contributed by atoms with Gasteiger partial charge in [0.05, 0.1) is 108 Å². The summed E-state index contributed by atoms with van der Waals surface area (Å²) in [5.74, 6) is -3.51. The SMILES string of the molecule is CC(=O)[C@]1(O)Cc2c(O)c3c(c(O)c2[C@@H](O[C@H]2C[C@H](N)[C@H](O)[C@H](C)O2)C1)C(=O)c1ccccc1C3=O.CCc1c2c(nc3ccc(OC(=O)N4CCC(N5CCCCC5)CC4)cc13)-c1cc3c(c(=O)n1C2)COC(=O)[C@]3(O)CC.N#Cc1ccc(C2CCCc3c[nH]c[n+]32)cc1.Nc1nc2c(sc(=O)n2[C@@H]2O[C@H](CO)[C@@H](O)[C@H]2O)c(=O)[nH]1.O=c1[nH]cnc2c([C@@H]3N[C@H](CO)[C@@H](O)[C@H]3O)c[nH]c12. The zero-order valence-corrected chi connectivity index (χ0v) is 75.3. The summed E-state index contributed by atoms with van der Waals surface area (Å²) in [7, 11) is 0. The molecule has 16 atom stereocenters. The molecule has 5 saturated heterocycles. The number of hydrogen-bond donors (Lipinski definition) is 18. The number of imidazole rings is 1. The summed E-state index contributed by atoms with van der Waals surface area (Å²) >= 11 is 0.623. The number of Topliss-reactive ketones (excluding diaryl/α,β-unsaturated/α-hetero) is 1. The number of carbonyl (C=O) groups excluding carboxylic acids is 5. The number of benzene rings is 4. The summed E-state index contributed by atoms with van der Waals surface area (Å²) < 4.78 is 33.0. The number of thiazole rings is 1. The quantitative estimate of drug-likeness (QED) is 0.0475. The van der Waals surface area contributed by atoms with E-state index < -0.39 is 149 Å². The number of aliphatic hydroxyl groups excluding tert-OH is 7. The van der Waals surface area contributed by atoms with Gasteiger partial charge in [-0.3, -0.25) is 43.1 Å². The molecule has 0 spiro atoms. The molecule has 0 bridgehead atoms. The Bertz CT molecular complexity index is 6800. The average molecular weight is 1890 g/mol. The van der Waals surface area contributed by atoms with Gasteiger partial charge in [0.2, 0.25) is 12.3 Å². The van der Waals surface area contributed by atoms with E-state index in [1.807, 2.05) is 35.5 Å². The minimum absolute atomic E-state index is 0.00588. The first-order valence-corrected chi connectivity index (χ1v) is 46.0. The molecule has 5 fully saturated rings. The third-order valence-corrected chi connectivity index (χ3v) is 28.7.